The quantitative estimate of drug-likeness (QED) is 0.593. The average molecular weight is 349 g/mol. The first-order valence-electron chi connectivity index (χ1n) is 7.85. The van der Waals surface area contributed by atoms with Crippen LogP contribution in [0, 0.1) is 18.6 Å². The summed E-state index contributed by atoms with van der Waals surface area (Å²) in [6.07, 6.45) is 1.55. The fraction of sp³-hybridized carbons (Fsp3) is 0.0526. The smallest absolute Gasteiger partial charge is 0.240 e. The van der Waals surface area contributed by atoms with Gasteiger partial charge in [-0.25, -0.2) is 13.8 Å². The van der Waals surface area contributed by atoms with Crippen molar-refractivity contribution in [1.82, 2.24) is 20.2 Å². The number of hydrogen-bond donors (Lipinski definition) is 1. The summed E-state index contributed by atoms with van der Waals surface area (Å²) in [6.45, 7) is 1.86. The molecule has 2 N–H and O–H groups in total. The molecule has 0 fully saturated rings. The topological polar surface area (TPSA) is 77.6 Å². The number of pyridine rings is 1. The Morgan fingerprint density at radius 2 is 1.73 bits per heavy atom. The molecule has 0 atom stereocenters. The van der Waals surface area contributed by atoms with E-state index in [9.17, 15) is 8.78 Å². The molecule has 4 rings (SSSR count). The van der Waals surface area contributed by atoms with Gasteiger partial charge in [-0.2, -0.15) is 0 Å². The lowest BCUT2D eigenvalue weighted by atomic mass is 10.0. The molecule has 2 aromatic heterocycles. The Balaban J connectivity index is 2.02. The largest absolute Gasteiger partial charge is 0.366 e. The average Bonchev–Trinajstić information content (AvgIpc) is 2.63. The molecule has 0 unspecified atom stereocenters. The van der Waals surface area contributed by atoms with Gasteiger partial charge in [-0.3, -0.25) is 4.98 Å². The number of fused-ring (bicyclic) bond motifs is 1. The molecule has 5 nitrogen and oxygen atoms in total. The molecule has 26 heavy (non-hydrogen) atoms. The minimum atomic E-state index is -0.501. The van der Waals surface area contributed by atoms with Crippen molar-refractivity contribution in [1.29, 1.82) is 0 Å². The second-order valence-electron chi connectivity index (χ2n) is 5.83. The zero-order chi connectivity index (χ0) is 18.3. The highest BCUT2D eigenvalue weighted by Gasteiger charge is 2.18. The van der Waals surface area contributed by atoms with E-state index in [0.717, 1.165) is 5.56 Å². The van der Waals surface area contributed by atoms with E-state index in [4.69, 9.17) is 5.73 Å². The summed E-state index contributed by atoms with van der Waals surface area (Å²) in [7, 11) is 0. The number of nitrogen functional groups attached to an aromatic ring is 1. The highest BCUT2D eigenvalue weighted by Crippen LogP contribution is 2.33. The van der Waals surface area contributed by atoms with Gasteiger partial charge in [0, 0.05) is 22.7 Å². The van der Waals surface area contributed by atoms with Gasteiger partial charge in [0.05, 0.1) is 0 Å². The zero-order valence-electron chi connectivity index (χ0n) is 13.7. The number of aryl methyl sites for hydroxylation is 1. The van der Waals surface area contributed by atoms with E-state index >= 15 is 0 Å². The van der Waals surface area contributed by atoms with Crippen LogP contribution in [0.3, 0.4) is 0 Å². The number of nitrogens with two attached hydrogens (primary N) is 1. The van der Waals surface area contributed by atoms with Crippen molar-refractivity contribution in [3.8, 4) is 22.5 Å². The molecule has 7 heteroatoms. The Kier molecular flexibility index (Phi) is 3.76. The van der Waals surface area contributed by atoms with Crippen LogP contribution in [0.25, 0.3) is 33.4 Å². The zero-order valence-corrected chi connectivity index (χ0v) is 13.7. The SMILES string of the molecule is Cc1ccnc2c(F)cc(-c3nnc(N)nc3-c3ccccc3F)cc12. The van der Waals surface area contributed by atoms with Crippen molar-refractivity contribution in [2.75, 3.05) is 5.73 Å². The lowest BCUT2D eigenvalue weighted by Crippen LogP contribution is -2.03. The maximum atomic E-state index is 14.6. The third-order valence-electron chi connectivity index (χ3n) is 4.12. The molecule has 0 aliphatic heterocycles. The van der Waals surface area contributed by atoms with Crippen LogP contribution in [0.4, 0.5) is 14.7 Å². The predicted octanol–water partition coefficient (Wildman–Crippen LogP) is 3.92. The number of nitrogens with zero attached hydrogens (tertiary/aromatic N) is 4. The van der Waals surface area contributed by atoms with Crippen LogP contribution in [0.5, 0.6) is 0 Å². The van der Waals surface area contributed by atoms with E-state index in [-0.39, 0.29) is 28.4 Å². The molecule has 0 radical (unpaired) electrons. The number of rotatable bonds is 2. The van der Waals surface area contributed by atoms with Crippen molar-refractivity contribution in [2.24, 2.45) is 0 Å². The summed E-state index contributed by atoms with van der Waals surface area (Å²) in [5.74, 6) is -1.07. The van der Waals surface area contributed by atoms with Gasteiger partial charge in [-0.15, -0.1) is 10.2 Å². The summed E-state index contributed by atoms with van der Waals surface area (Å²) in [4.78, 5) is 8.22. The normalized spacial score (nSPS) is 11.0. The third kappa shape index (κ3) is 2.63. The second-order valence-corrected chi connectivity index (χ2v) is 5.83. The lowest BCUT2D eigenvalue weighted by molar-refractivity contribution is 0.630. The summed E-state index contributed by atoms with van der Waals surface area (Å²) in [6, 6.07) is 10.9. The lowest BCUT2D eigenvalue weighted by Gasteiger charge is -2.11. The Morgan fingerprint density at radius 1 is 0.923 bits per heavy atom. The number of aromatic nitrogens is 4. The fourth-order valence-electron chi connectivity index (χ4n) is 2.85. The van der Waals surface area contributed by atoms with E-state index in [1.165, 1.54) is 12.1 Å². The van der Waals surface area contributed by atoms with Gasteiger partial charge in [0.25, 0.3) is 0 Å². The highest BCUT2D eigenvalue weighted by molar-refractivity contribution is 5.89. The van der Waals surface area contributed by atoms with Gasteiger partial charge in [-0.05, 0) is 42.8 Å². The van der Waals surface area contributed by atoms with Crippen molar-refractivity contribution in [3.05, 3.63) is 65.9 Å². The van der Waals surface area contributed by atoms with Gasteiger partial charge in [0.1, 0.15) is 28.5 Å². The molecule has 0 spiro atoms. The number of anilines is 1. The maximum absolute atomic E-state index is 14.6. The Hall–Kier alpha value is -3.48. The van der Waals surface area contributed by atoms with Crippen LogP contribution in [0.2, 0.25) is 0 Å². The van der Waals surface area contributed by atoms with E-state index in [1.54, 1.807) is 36.5 Å². The second kappa shape index (κ2) is 6.11. The fourth-order valence-corrected chi connectivity index (χ4v) is 2.85. The monoisotopic (exact) mass is 349 g/mol. The third-order valence-corrected chi connectivity index (χ3v) is 4.12. The van der Waals surface area contributed by atoms with Crippen LogP contribution in [0.15, 0.2) is 48.7 Å². The first kappa shape index (κ1) is 16.0. The van der Waals surface area contributed by atoms with Crippen molar-refractivity contribution in [3.63, 3.8) is 0 Å². The maximum Gasteiger partial charge on any atom is 0.240 e. The van der Waals surface area contributed by atoms with E-state index < -0.39 is 11.6 Å². The van der Waals surface area contributed by atoms with Crippen LogP contribution >= 0.6 is 0 Å². The molecule has 0 bridgehead atoms. The van der Waals surface area contributed by atoms with Gasteiger partial charge in [0.15, 0.2) is 0 Å². The van der Waals surface area contributed by atoms with Crippen molar-refractivity contribution >= 4 is 16.9 Å². The number of hydrogen-bond acceptors (Lipinski definition) is 5. The Labute approximate surface area is 147 Å². The molecule has 0 saturated carbocycles. The summed E-state index contributed by atoms with van der Waals surface area (Å²) in [5, 5.41) is 8.45. The van der Waals surface area contributed by atoms with Crippen molar-refractivity contribution in [2.45, 2.75) is 6.92 Å². The minimum Gasteiger partial charge on any atom is -0.366 e. The molecule has 0 aliphatic rings. The van der Waals surface area contributed by atoms with Crippen LogP contribution in [-0.4, -0.2) is 20.2 Å². The molecule has 0 amide bonds. The van der Waals surface area contributed by atoms with E-state index in [1.807, 2.05) is 6.92 Å². The van der Waals surface area contributed by atoms with Crippen LogP contribution < -0.4 is 5.73 Å². The standard InChI is InChI=1S/C19H13F2N5/c1-10-6-7-23-17-13(10)8-11(9-15(17)21)16-18(24-19(22)26-25-16)12-4-2-3-5-14(12)20/h2-9H,1H3,(H2,22,24,26). The minimum absolute atomic E-state index is 0.0916. The van der Waals surface area contributed by atoms with Gasteiger partial charge < -0.3 is 5.73 Å². The molecule has 0 saturated heterocycles. The Bertz CT molecular complexity index is 1140. The molecular weight excluding hydrogens is 336 g/mol. The highest BCUT2D eigenvalue weighted by atomic mass is 19.1. The van der Waals surface area contributed by atoms with Crippen LogP contribution in [0.1, 0.15) is 5.56 Å². The first-order chi connectivity index (χ1) is 12.5. The molecular formula is C19H13F2N5. The van der Waals surface area contributed by atoms with E-state index in [2.05, 4.69) is 20.2 Å². The number of benzene rings is 2. The first-order valence-corrected chi connectivity index (χ1v) is 7.85. The molecule has 2 heterocycles. The van der Waals surface area contributed by atoms with Crippen molar-refractivity contribution < 1.29 is 8.78 Å². The number of halogens is 2. The summed E-state index contributed by atoms with van der Waals surface area (Å²) < 4.78 is 28.9. The molecule has 4 aromatic rings. The molecule has 0 aliphatic carbocycles. The summed E-state index contributed by atoms with van der Waals surface area (Å²) in [5.41, 5.74) is 7.85. The Morgan fingerprint density at radius 3 is 2.54 bits per heavy atom. The summed E-state index contributed by atoms with van der Waals surface area (Å²) >= 11 is 0. The van der Waals surface area contributed by atoms with Gasteiger partial charge >= 0.3 is 0 Å². The van der Waals surface area contributed by atoms with E-state index in [0.29, 0.717) is 10.9 Å². The van der Waals surface area contributed by atoms with Gasteiger partial charge in [0.2, 0.25) is 5.95 Å². The molecule has 128 valence electrons. The molecule has 2 aromatic carbocycles. The predicted molar refractivity (Wildman–Crippen MR) is 95.1 cm³/mol. The van der Waals surface area contributed by atoms with Gasteiger partial charge in [-0.1, -0.05) is 12.1 Å². The van der Waals surface area contributed by atoms with Crippen LogP contribution in [-0.2, 0) is 0 Å².